The summed E-state index contributed by atoms with van der Waals surface area (Å²) in [5, 5.41) is 1.76. The van der Waals surface area contributed by atoms with Crippen molar-refractivity contribution < 1.29 is 13.2 Å². The third-order valence-corrected chi connectivity index (χ3v) is 6.97. The van der Waals surface area contributed by atoms with Gasteiger partial charge >= 0.3 is 0 Å². The first kappa shape index (κ1) is 17.5. The number of hydrogen-bond acceptors (Lipinski definition) is 4. The number of anilines is 1. The molecule has 0 saturated carbocycles. The van der Waals surface area contributed by atoms with Gasteiger partial charge in [0, 0.05) is 0 Å². The molecule has 4 nitrogen and oxygen atoms in total. The molecule has 1 heterocycles. The van der Waals surface area contributed by atoms with Crippen LogP contribution in [0.1, 0.15) is 11.1 Å². The Kier molecular flexibility index (Phi) is 5.11. The van der Waals surface area contributed by atoms with Crippen molar-refractivity contribution >= 4 is 27.0 Å². The molecule has 6 heteroatoms. The van der Waals surface area contributed by atoms with Gasteiger partial charge in [0.25, 0.3) is 10.0 Å². The minimum Gasteiger partial charge on any atom is -0.495 e. The molecule has 3 rings (SSSR count). The summed E-state index contributed by atoms with van der Waals surface area (Å²) in [5.74, 6) is 0.523. The number of nitrogens with zero attached hydrogens (tertiary/aromatic N) is 1. The lowest BCUT2D eigenvalue weighted by Crippen LogP contribution is -2.30. The lowest BCUT2D eigenvalue weighted by molar-refractivity contribution is 0.415. The zero-order valence-electron chi connectivity index (χ0n) is 14.0. The van der Waals surface area contributed by atoms with Crippen LogP contribution < -0.4 is 9.04 Å². The molecule has 0 aliphatic rings. The zero-order chi connectivity index (χ0) is 17.9. The Morgan fingerprint density at radius 3 is 2.36 bits per heavy atom. The van der Waals surface area contributed by atoms with Crippen molar-refractivity contribution in [3.05, 3.63) is 77.2 Å². The van der Waals surface area contributed by atoms with Crippen LogP contribution >= 0.6 is 11.3 Å². The van der Waals surface area contributed by atoms with E-state index in [1.165, 1.54) is 15.6 Å². The fourth-order valence-electron chi connectivity index (χ4n) is 2.51. The Morgan fingerprint density at radius 1 is 1.00 bits per heavy atom. The maximum absolute atomic E-state index is 13.2. The summed E-state index contributed by atoms with van der Waals surface area (Å²) < 4.78 is 33.5. The lowest BCUT2D eigenvalue weighted by atomic mass is 10.1. The van der Waals surface area contributed by atoms with Crippen molar-refractivity contribution in [2.24, 2.45) is 0 Å². The van der Waals surface area contributed by atoms with E-state index < -0.39 is 10.0 Å². The summed E-state index contributed by atoms with van der Waals surface area (Å²) in [7, 11) is -2.14. The van der Waals surface area contributed by atoms with Crippen LogP contribution in [0, 0.1) is 6.92 Å². The molecular formula is C19H19NO3S2. The standard InChI is InChI=1S/C19H19NO3S2/c1-15-9-11-16(12-10-15)14-20(17-6-3-4-7-18(17)23-2)25(21,22)19-8-5-13-24-19/h3-13H,14H2,1-2H3. The third kappa shape index (κ3) is 3.70. The second-order valence-corrected chi connectivity index (χ2v) is 8.64. The number of thiophene rings is 1. The fraction of sp³-hybridized carbons (Fsp3) is 0.158. The monoisotopic (exact) mass is 373 g/mol. The number of aryl methyl sites for hydroxylation is 1. The van der Waals surface area contributed by atoms with E-state index in [1.807, 2.05) is 43.3 Å². The minimum absolute atomic E-state index is 0.237. The van der Waals surface area contributed by atoms with Crippen LogP contribution in [0.4, 0.5) is 5.69 Å². The van der Waals surface area contributed by atoms with Crippen molar-refractivity contribution in [3.8, 4) is 5.75 Å². The van der Waals surface area contributed by atoms with E-state index in [0.29, 0.717) is 15.6 Å². The topological polar surface area (TPSA) is 46.6 Å². The minimum atomic E-state index is -3.68. The Morgan fingerprint density at radius 2 is 1.72 bits per heavy atom. The SMILES string of the molecule is COc1ccccc1N(Cc1ccc(C)cc1)S(=O)(=O)c1cccs1. The molecule has 1 aromatic heterocycles. The molecule has 0 saturated heterocycles. The number of sulfonamides is 1. The van der Waals surface area contributed by atoms with Gasteiger partial charge in [-0.25, -0.2) is 8.42 Å². The van der Waals surface area contributed by atoms with Crippen molar-refractivity contribution in [1.82, 2.24) is 0 Å². The average Bonchev–Trinajstić information content (AvgIpc) is 3.16. The maximum Gasteiger partial charge on any atom is 0.274 e. The highest BCUT2D eigenvalue weighted by atomic mass is 32.2. The van der Waals surface area contributed by atoms with Crippen LogP contribution in [0.15, 0.2) is 70.3 Å². The first-order valence-corrected chi connectivity index (χ1v) is 10.1. The van der Waals surface area contributed by atoms with Crippen LogP contribution in [0.25, 0.3) is 0 Å². The Labute approximate surface area is 152 Å². The van der Waals surface area contributed by atoms with E-state index in [9.17, 15) is 8.42 Å². The number of rotatable bonds is 6. The van der Waals surface area contributed by atoms with Crippen molar-refractivity contribution in [2.75, 3.05) is 11.4 Å². The summed E-state index contributed by atoms with van der Waals surface area (Å²) in [6.07, 6.45) is 0. The lowest BCUT2D eigenvalue weighted by Gasteiger charge is -2.25. The van der Waals surface area contributed by atoms with E-state index in [0.717, 1.165) is 11.1 Å². The first-order valence-electron chi connectivity index (χ1n) is 7.77. The predicted octanol–water partition coefficient (Wildman–Crippen LogP) is 4.46. The van der Waals surface area contributed by atoms with Crippen molar-refractivity contribution in [2.45, 2.75) is 17.7 Å². The van der Waals surface area contributed by atoms with E-state index >= 15 is 0 Å². The molecule has 0 aliphatic heterocycles. The van der Waals surface area contributed by atoms with Crippen LogP contribution in [-0.4, -0.2) is 15.5 Å². The molecule has 0 radical (unpaired) electrons. The van der Waals surface area contributed by atoms with Gasteiger partial charge in [-0.2, -0.15) is 0 Å². The van der Waals surface area contributed by atoms with Crippen LogP contribution in [0.3, 0.4) is 0 Å². The summed E-state index contributed by atoms with van der Waals surface area (Å²) in [5.41, 5.74) is 2.57. The van der Waals surface area contributed by atoms with Gasteiger partial charge in [0.1, 0.15) is 9.96 Å². The molecule has 3 aromatic rings. The normalized spacial score (nSPS) is 11.3. The van der Waals surface area contributed by atoms with Gasteiger partial charge in [-0.1, -0.05) is 48.0 Å². The van der Waals surface area contributed by atoms with Crippen molar-refractivity contribution in [3.63, 3.8) is 0 Å². The predicted molar refractivity (Wildman–Crippen MR) is 102 cm³/mol. The van der Waals surface area contributed by atoms with Gasteiger partial charge in [-0.3, -0.25) is 4.31 Å². The van der Waals surface area contributed by atoms with Gasteiger partial charge in [0.2, 0.25) is 0 Å². The third-order valence-electron chi connectivity index (χ3n) is 3.84. The Balaban J connectivity index is 2.09. The van der Waals surface area contributed by atoms with Gasteiger partial charge < -0.3 is 4.74 Å². The molecule has 0 N–H and O–H groups in total. The maximum atomic E-state index is 13.2. The molecule has 130 valence electrons. The van der Waals surface area contributed by atoms with Gasteiger partial charge in [-0.05, 0) is 36.1 Å². The molecule has 0 atom stereocenters. The largest absolute Gasteiger partial charge is 0.495 e. The van der Waals surface area contributed by atoms with Crippen LogP contribution in [0.2, 0.25) is 0 Å². The molecule has 0 amide bonds. The average molecular weight is 373 g/mol. The number of benzene rings is 2. The molecule has 0 unspecified atom stereocenters. The zero-order valence-corrected chi connectivity index (χ0v) is 15.7. The van der Waals surface area contributed by atoms with E-state index in [-0.39, 0.29) is 6.54 Å². The van der Waals surface area contributed by atoms with E-state index in [2.05, 4.69) is 0 Å². The molecule has 2 aromatic carbocycles. The Hall–Kier alpha value is -2.31. The number of ether oxygens (including phenoxy) is 1. The number of para-hydroxylation sites is 2. The van der Waals surface area contributed by atoms with Gasteiger partial charge in [0.05, 0.1) is 19.3 Å². The van der Waals surface area contributed by atoms with Gasteiger partial charge in [-0.15, -0.1) is 11.3 Å². The van der Waals surface area contributed by atoms with Crippen LogP contribution in [-0.2, 0) is 16.6 Å². The van der Waals surface area contributed by atoms with Crippen molar-refractivity contribution in [1.29, 1.82) is 0 Å². The van der Waals surface area contributed by atoms with Gasteiger partial charge in [0.15, 0.2) is 0 Å². The number of hydrogen-bond donors (Lipinski definition) is 0. The quantitative estimate of drug-likeness (QED) is 0.641. The fourth-order valence-corrected chi connectivity index (χ4v) is 5.08. The molecule has 25 heavy (non-hydrogen) atoms. The number of methoxy groups -OCH3 is 1. The molecule has 0 bridgehead atoms. The van der Waals surface area contributed by atoms with E-state index in [1.54, 1.807) is 36.8 Å². The smallest absolute Gasteiger partial charge is 0.274 e. The molecule has 0 fully saturated rings. The summed E-state index contributed by atoms with van der Waals surface area (Å²) in [6.45, 7) is 2.24. The highest BCUT2D eigenvalue weighted by Gasteiger charge is 2.28. The highest BCUT2D eigenvalue weighted by molar-refractivity contribution is 7.94. The molecule has 0 aliphatic carbocycles. The first-order chi connectivity index (χ1) is 12.0. The summed E-state index contributed by atoms with van der Waals surface area (Å²) in [4.78, 5) is 0. The molecule has 0 spiro atoms. The Bertz CT molecular complexity index is 933. The van der Waals surface area contributed by atoms with Crippen LogP contribution in [0.5, 0.6) is 5.75 Å². The molecular weight excluding hydrogens is 354 g/mol. The summed E-state index contributed by atoms with van der Waals surface area (Å²) >= 11 is 1.21. The highest BCUT2D eigenvalue weighted by Crippen LogP contribution is 2.34. The second-order valence-electron chi connectivity index (χ2n) is 5.60. The second kappa shape index (κ2) is 7.29. The van der Waals surface area contributed by atoms with E-state index in [4.69, 9.17) is 4.74 Å². The summed E-state index contributed by atoms with van der Waals surface area (Å²) in [6, 6.07) is 18.4.